The number of nitrogens with zero attached hydrogens (tertiary/aromatic N) is 2. The largest absolute Gasteiger partial charge is 0.375 e. The molecule has 1 saturated heterocycles. The Labute approximate surface area is 173 Å². The lowest BCUT2D eigenvalue weighted by molar-refractivity contribution is -0.109. The van der Waals surface area contributed by atoms with Crippen molar-refractivity contribution in [3.05, 3.63) is 0 Å². The number of hydrogen-bond donors (Lipinski definition) is 2. The lowest BCUT2D eigenvalue weighted by Crippen LogP contribution is -2.48. The zero-order valence-corrected chi connectivity index (χ0v) is 19.2. The molecule has 0 aromatic heterocycles. The molecule has 2 aliphatic rings. The molecule has 0 aromatic carbocycles. The Hall–Kier alpha value is -0.300. The van der Waals surface area contributed by atoms with Crippen LogP contribution >= 0.6 is 12.6 Å². The molecular weight excluding hydrogens is 358 g/mol. The fraction of sp³-hybridized carbons (Fsp3) is 0.952. The highest BCUT2D eigenvalue weighted by molar-refractivity contribution is 7.81. The van der Waals surface area contributed by atoms with E-state index in [4.69, 9.17) is 4.74 Å². The maximum atomic E-state index is 10.1. The predicted molar refractivity (Wildman–Crippen MR) is 118 cm³/mol. The summed E-state index contributed by atoms with van der Waals surface area (Å²) in [6.07, 6.45) is 8.31. The van der Waals surface area contributed by atoms with Crippen molar-refractivity contribution >= 4 is 19.0 Å². The van der Waals surface area contributed by atoms with Crippen LogP contribution in [0, 0.1) is 0 Å². The highest BCUT2D eigenvalue weighted by Gasteiger charge is 2.24. The number of ether oxygens (including phenoxy) is 1. The predicted octanol–water partition coefficient (Wildman–Crippen LogP) is 3.19. The second-order valence-corrected chi connectivity index (χ2v) is 10.5. The highest BCUT2D eigenvalue weighted by atomic mass is 32.1. The molecule has 1 heterocycles. The van der Waals surface area contributed by atoms with Gasteiger partial charge in [-0.3, -0.25) is 9.69 Å². The SMILES string of the molecule is CC(C)(S)CCOC(C)(C)CCNC=O.CN1CCN(C2CCCC2)CC1. The van der Waals surface area contributed by atoms with Gasteiger partial charge in [0, 0.05) is 50.1 Å². The number of carbonyl (C=O) groups is 1. The third-order valence-corrected chi connectivity index (χ3v) is 5.76. The van der Waals surface area contributed by atoms with Gasteiger partial charge >= 0.3 is 0 Å². The number of hydrogen-bond acceptors (Lipinski definition) is 5. The number of amides is 1. The summed E-state index contributed by atoms with van der Waals surface area (Å²) in [5, 5.41) is 2.64. The second kappa shape index (κ2) is 12.3. The molecule has 0 radical (unpaired) electrons. The van der Waals surface area contributed by atoms with Crippen LogP contribution in [0.15, 0.2) is 0 Å². The number of nitrogens with one attached hydrogen (secondary N) is 1. The Morgan fingerprint density at radius 1 is 1.07 bits per heavy atom. The normalized spacial score (nSPS) is 20.2. The minimum Gasteiger partial charge on any atom is -0.375 e. The second-order valence-electron chi connectivity index (χ2n) is 9.27. The smallest absolute Gasteiger partial charge is 0.207 e. The average Bonchev–Trinajstić information content (AvgIpc) is 3.09. The van der Waals surface area contributed by atoms with E-state index in [1.165, 1.54) is 51.9 Å². The summed E-state index contributed by atoms with van der Waals surface area (Å²) in [5.74, 6) is 0. The molecular formula is C21H43N3O2S. The topological polar surface area (TPSA) is 44.8 Å². The quantitative estimate of drug-likeness (QED) is 0.354. The van der Waals surface area contributed by atoms with Gasteiger partial charge in [-0.15, -0.1) is 0 Å². The molecule has 0 atom stereocenters. The third-order valence-electron chi connectivity index (χ3n) is 5.54. The van der Waals surface area contributed by atoms with E-state index in [9.17, 15) is 4.79 Å². The van der Waals surface area contributed by atoms with E-state index in [0.29, 0.717) is 19.6 Å². The molecule has 0 unspecified atom stereocenters. The van der Waals surface area contributed by atoms with Gasteiger partial charge in [-0.2, -0.15) is 12.6 Å². The van der Waals surface area contributed by atoms with Crippen molar-refractivity contribution in [3.63, 3.8) is 0 Å². The molecule has 1 saturated carbocycles. The molecule has 1 amide bonds. The number of carbonyl (C=O) groups excluding carboxylic acids is 1. The molecule has 2 fully saturated rings. The van der Waals surface area contributed by atoms with Crippen LogP contribution in [0.1, 0.15) is 66.2 Å². The Morgan fingerprint density at radius 2 is 1.67 bits per heavy atom. The van der Waals surface area contributed by atoms with Gasteiger partial charge in [0.2, 0.25) is 6.41 Å². The number of rotatable bonds is 9. The Morgan fingerprint density at radius 3 is 2.19 bits per heavy atom. The van der Waals surface area contributed by atoms with Crippen LogP contribution in [0.25, 0.3) is 0 Å². The first-order chi connectivity index (χ1) is 12.6. The van der Waals surface area contributed by atoms with Gasteiger partial charge in [-0.25, -0.2) is 0 Å². The Kier molecular flexibility index (Phi) is 11.3. The average molecular weight is 402 g/mol. The lowest BCUT2D eigenvalue weighted by atomic mass is 10.0. The molecule has 6 heteroatoms. The van der Waals surface area contributed by atoms with Gasteiger partial charge in [-0.1, -0.05) is 26.7 Å². The van der Waals surface area contributed by atoms with Crippen LogP contribution in [0.2, 0.25) is 0 Å². The first kappa shape index (κ1) is 24.7. The van der Waals surface area contributed by atoms with Crippen LogP contribution in [0.5, 0.6) is 0 Å². The summed E-state index contributed by atoms with van der Waals surface area (Å²) in [5.41, 5.74) is -0.185. The van der Waals surface area contributed by atoms with Crippen LogP contribution in [-0.4, -0.2) is 79.0 Å². The van der Waals surface area contributed by atoms with Crippen LogP contribution in [0.3, 0.4) is 0 Å². The molecule has 0 bridgehead atoms. The van der Waals surface area contributed by atoms with Gasteiger partial charge in [0.25, 0.3) is 0 Å². The van der Waals surface area contributed by atoms with Crippen molar-refractivity contribution in [1.29, 1.82) is 0 Å². The van der Waals surface area contributed by atoms with E-state index >= 15 is 0 Å². The van der Waals surface area contributed by atoms with Gasteiger partial charge < -0.3 is 15.0 Å². The van der Waals surface area contributed by atoms with E-state index in [0.717, 1.165) is 18.9 Å². The van der Waals surface area contributed by atoms with Crippen molar-refractivity contribution in [2.24, 2.45) is 0 Å². The fourth-order valence-electron chi connectivity index (χ4n) is 3.54. The van der Waals surface area contributed by atoms with Gasteiger partial charge in [0.15, 0.2) is 0 Å². The van der Waals surface area contributed by atoms with Crippen LogP contribution in [-0.2, 0) is 9.53 Å². The molecule has 160 valence electrons. The summed E-state index contributed by atoms with van der Waals surface area (Å²) in [6, 6.07) is 0.943. The summed E-state index contributed by atoms with van der Waals surface area (Å²) in [6.45, 7) is 14.7. The van der Waals surface area contributed by atoms with Gasteiger partial charge in [-0.05, 0) is 46.6 Å². The molecule has 1 aliphatic heterocycles. The first-order valence-electron chi connectivity index (χ1n) is 10.6. The first-order valence-corrected chi connectivity index (χ1v) is 11.0. The van der Waals surface area contributed by atoms with Crippen LogP contribution < -0.4 is 5.32 Å². The van der Waals surface area contributed by atoms with E-state index in [2.05, 4.69) is 48.6 Å². The molecule has 2 rings (SSSR count). The zero-order valence-electron chi connectivity index (χ0n) is 18.3. The Balaban J connectivity index is 0.000000274. The summed E-state index contributed by atoms with van der Waals surface area (Å²) in [4.78, 5) is 15.2. The van der Waals surface area contributed by atoms with E-state index in [1.807, 2.05) is 13.8 Å². The molecule has 5 nitrogen and oxygen atoms in total. The maximum absolute atomic E-state index is 10.1. The molecule has 27 heavy (non-hydrogen) atoms. The van der Waals surface area contributed by atoms with Crippen molar-refractivity contribution in [1.82, 2.24) is 15.1 Å². The van der Waals surface area contributed by atoms with Crippen molar-refractivity contribution in [2.75, 3.05) is 46.4 Å². The van der Waals surface area contributed by atoms with Crippen LogP contribution in [0.4, 0.5) is 0 Å². The zero-order chi connectivity index (χ0) is 20.3. The fourth-order valence-corrected chi connectivity index (χ4v) is 3.63. The van der Waals surface area contributed by atoms with Gasteiger partial charge in [0.1, 0.15) is 0 Å². The number of likely N-dealkylation sites (N-methyl/N-ethyl adjacent to an activating group) is 1. The number of piperazine rings is 1. The van der Waals surface area contributed by atoms with Crippen molar-refractivity contribution < 1.29 is 9.53 Å². The highest BCUT2D eigenvalue weighted by Crippen LogP contribution is 2.24. The molecule has 1 aliphatic carbocycles. The van der Waals surface area contributed by atoms with Gasteiger partial charge in [0.05, 0.1) is 5.60 Å². The summed E-state index contributed by atoms with van der Waals surface area (Å²) in [7, 11) is 2.23. The maximum Gasteiger partial charge on any atom is 0.207 e. The van der Waals surface area contributed by atoms with Crippen molar-refractivity contribution in [2.45, 2.75) is 82.6 Å². The molecule has 0 spiro atoms. The lowest BCUT2D eigenvalue weighted by Gasteiger charge is -2.36. The summed E-state index contributed by atoms with van der Waals surface area (Å²) >= 11 is 4.43. The molecule has 1 N–H and O–H groups in total. The van der Waals surface area contributed by atoms with E-state index in [1.54, 1.807) is 0 Å². The van der Waals surface area contributed by atoms with Crippen molar-refractivity contribution in [3.8, 4) is 0 Å². The minimum atomic E-state index is -0.185. The van der Waals surface area contributed by atoms with E-state index < -0.39 is 0 Å². The monoisotopic (exact) mass is 401 g/mol. The summed E-state index contributed by atoms with van der Waals surface area (Å²) < 4.78 is 5.76. The molecule has 0 aromatic rings. The minimum absolute atomic E-state index is 0.0110. The standard InChI is InChI=1S/C11H23NO2S.C10H20N2/c1-10(2,5-7-12-9-13)14-8-6-11(3,4)15;1-11-6-8-12(9-7-11)10-4-2-3-5-10/h9,15H,5-8H2,1-4H3,(H,12,13);10H,2-9H2,1H3. The Bertz CT molecular complexity index is 399. The number of thiol groups is 1. The third kappa shape index (κ3) is 12.0. The van der Waals surface area contributed by atoms with E-state index in [-0.39, 0.29) is 10.3 Å².